The predicted octanol–water partition coefficient (Wildman–Crippen LogP) is 3.04. The molecule has 19 heavy (non-hydrogen) atoms. The summed E-state index contributed by atoms with van der Waals surface area (Å²) in [4.78, 5) is 11.8. The van der Waals surface area contributed by atoms with Crippen molar-refractivity contribution in [3.05, 3.63) is 35.9 Å². The number of alkyl halides is 2. The Balaban J connectivity index is 2.15. The lowest BCUT2D eigenvalue weighted by Gasteiger charge is -2.22. The summed E-state index contributed by atoms with van der Waals surface area (Å²) in [5.74, 6) is -3.91. The highest BCUT2D eigenvalue weighted by atomic mass is 19.3. The molecule has 3 atom stereocenters. The first kappa shape index (κ1) is 13.9. The fourth-order valence-corrected chi connectivity index (χ4v) is 2.13. The fraction of sp³-hybridized carbons (Fsp3) is 0.500. The maximum atomic E-state index is 13.9. The fourth-order valence-electron chi connectivity index (χ4n) is 2.13. The molecule has 104 valence electrons. The number of halogens is 2. The second-order valence-electron chi connectivity index (χ2n) is 4.59. The molecule has 5 heteroatoms. The summed E-state index contributed by atoms with van der Waals surface area (Å²) in [5.41, 5.74) is 0.257. The Morgan fingerprint density at radius 1 is 1.37 bits per heavy atom. The third-order valence-corrected chi connectivity index (χ3v) is 3.28. The van der Waals surface area contributed by atoms with Gasteiger partial charge in [-0.25, -0.2) is 4.79 Å². The van der Waals surface area contributed by atoms with Gasteiger partial charge in [0.1, 0.15) is 12.2 Å². The molecular formula is C14H16F2O3. The van der Waals surface area contributed by atoms with Crippen LogP contribution < -0.4 is 0 Å². The van der Waals surface area contributed by atoms with Gasteiger partial charge < -0.3 is 9.47 Å². The first-order valence-electron chi connectivity index (χ1n) is 6.26. The van der Waals surface area contributed by atoms with Gasteiger partial charge in [0.25, 0.3) is 0 Å². The van der Waals surface area contributed by atoms with Crippen molar-refractivity contribution in [2.24, 2.45) is 0 Å². The van der Waals surface area contributed by atoms with Crippen LogP contribution in [0.25, 0.3) is 0 Å². The van der Waals surface area contributed by atoms with Gasteiger partial charge in [0.05, 0.1) is 5.56 Å². The molecule has 0 N–H and O–H groups in total. The van der Waals surface area contributed by atoms with E-state index in [0.717, 1.165) is 0 Å². The highest BCUT2D eigenvalue weighted by molar-refractivity contribution is 5.89. The minimum atomic E-state index is -3.16. The van der Waals surface area contributed by atoms with E-state index in [1.807, 2.05) is 0 Å². The van der Waals surface area contributed by atoms with E-state index in [4.69, 9.17) is 9.47 Å². The quantitative estimate of drug-likeness (QED) is 0.792. The zero-order valence-electron chi connectivity index (χ0n) is 10.8. The van der Waals surface area contributed by atoms with Crippen molar-refractivity contribution in [1.82, 2.24) is 0 Å². The van der Waals surface area contributed by atoms with Crippen molar-refractivity contribution in [3.8, 4) is 0 Å². The van der Waals surface area contributed by atoms with E-state index >= 15 is 0 Å². The number of carbonyl (C=O) groups excluding carboxylic acids is 1. The Labute approximate surface area is 110 Å². The van der Waals surface area contributed by atoms with E-state index in [2.05, 4.69) is 0 Å². The first-order chi connectivity index (χ1) is 8.96. The average Bonchev–Trinajstić information content (AvgIpc) is 2.63. The normalized spacial score (nSPS) is 29.2. The first-order valence-corrected chi connectivity index (χ1v) is 6.26. The van der Waals surface area contributed by atoms with Crippen LogP contribution in [0.2, 0.25) is 0 Å². The Morgan fingerprint density at radius 3 is 2.58 bits per heavy atom. The largest absolute Gasteiger partial charge is 0.449 e. The Bertz CT molecular complexity index is 447. The smallest absolute Gasteiger partial charge is 0.338 e. The molecule has 2 unspecified atom stereocenters. The van der Waals surface area contributed by atoms with Crippen LogP contribution in [0.3, 0.4) is 0 Å². The van der Waals surface area contributed by atoms with Crippen molar-refractivity contribution in [3.63, 3.8) is 0 Å². The number of rotatable bonds is 3. The summed E-state index contributed by atoms with van der Waals surface area (Å²) in [5, 5.41) is 0. The summed E-state index contributed by atoms with van der Waals surface area (Å²) in [6.07, 6.45) is -3.17. The third kappa shape index (κ3) is 2.61. The molecule has 0 radical (unpaired) electrons. The van der Waals surface area contributed by atoms with Gasteiger partial charge in [-0.1, -0.05) is 25.1 Å². The van der Waals surface area contributed by atoms with E-state index in [-0.39, 0.29) is 5.56 Å². The van der Waals surface area contributed by atoms with Crippen LogP contribution in [0.15, 0.2) is 30.3 Å². The lowest BCUT2D eigenvalue weighted by molar-refractivity contribution is -0.111. The Kier molecular flexibility index (Phi) is 3.85. The maximum absolute atomic E-state index is 13.9. The molecule has 0 aliphatic carbocycles. The van der Waals surface area contributed by atoms with Crippen LogP contribution in [0.4, 0.5) is 8.78 Å². The number of esters is 1. The molecule has 0 bridgehead atoms. The number of hydrogen-bond donors (Lipinski definition) is 0. The number of carbonyl (C=O) groups is 1. The van der Waals surface area contributed by atoms with E-state index in [9.17, 15) is 13.6 Å². The summed E-state index contributed by atoms with van der Waals surface area (Å²) >= 11 is 0. The van der Waals surface area contributed by atoms with Crippen LogP contribution in [0, 0.1) is 0 Å². The summed E-state index contributed by atoms with van der Waals surface area (Å²) in [6, 6.07) is 8.10. The molecule has 0 spiro atoms. The predicted molar refractivity (Wildman–Crippen MR) is 65.2 cm³/mol. The van der Waals surface area contributed by atoms with Crippen molar-refractivity contribution in [1.29, 1.82) is 0 Å². The number of hydrogen-bond acceptors (Lipinski definition) is 3. The zero-order valence-corrected chi connectivity index (χ0v) is 10.8. The summed E-state index contributed by atoms with van der Waals surface area (Å²) in [6.45, 7) is 3.02. The van der Waals surface area contributed by atoms with Gasteiger partial charge in [-0.15, -0.1) is 0 Å². The highest BCUT2D eigenvalue weighted by Gasteiger charge is 2.58. The van der Waals surface area contributed by atoms with E-state index in [0.29, 0.717) is 6.42 Å². The molecule has 0 aromatic heterocycles. The van der Waals surface area contributed by atoms with E-state index < -0.39 is 30.2 Å². The molecule has 0 saturated carbocycles. The van der Waals surface area contributed by atoms with Gasteiger partial charge in [0, 0.05) is 0 Å². The molecule has 1 heterocycles. The van der Waals surface area contributed by atoms with Crippen molar-refractivity contribution in [2.45, 2.75) is 44.5 Å². The summed E-state index contributed by atoms with van der Waals surface area (Å²) in [7, 11) is 0. The number of ether oxygens (including phenoxy) is 2. The van der Waals surface area contributed by atoms with Crippen LogP contribution in [0.1, 0.15) is 30.6 Å². The third-order valence-electron chi connectivity index (χ3n) is 3.28. The molecule has 1 aliphatic rings. The monoisotopic (exact) mass is 270 g/mol. The second-order valence-corrected chi connectivity index (χ2v) is 4.59. The van der Waals surface area contributed by atoms with Crippen molar-refractivity contribution >= 4 is 5.97 Å². The van der Waals surface area contributed by atoms with Gasteiger partial charge in [-0.05, 0) is 25.5 Å². The lowest BCUT2D eigenvalue weighted by atomic mass is 10.1. The maximum Gasteiger partial charge on any atom is 0.338 e. The molecule has 0 amide bonds. The minimum absolute atomic E-state index is 0.257. The molecule has 1 aromatic carbocycles. The lowest BCUT2D eigenvalue weighted by Crippen LogP contribution is -2.42. The second kappa shape index (κ2) is 5.25. The van der Waals surface area contributed by atoms with Gasteiger partial charge in [0.15, 0.2) is 6.10 Å². The van der Waals surface area contributed by atoms with Gasteiger partial charge >= 0.3 is 11.9 Å². The van der Waals surface area contributed by atoms with Crippen LogP contribution >= 0.6 is 0 Å². The Morgan fingerprint density at radius 2 is 2.00 bits per heavy atom. The molecule has 1 fully saturated rings. The van der Waals surface area contributed by atoms with Gasteiger partial charge in [-0.2, -0.15) is 8.78 Å². The van der Waals surface area contributed by atoms with Crippen LogP contribution in [0.5, 0.6) is 0 Å². The Hall–Kier alpha value is -1.49. The molecule has 1 aromatic rings. The summed E-state index contributed by atoms with van der Waals surface area (Å²) < 4.78 is 37.9. The zero-order chi connectivity index (χ0) is 14.0. The highest BCUT2D eigenvalue weighted by Crippen LogP contribution is 2.39. The molecule has 1 aliphatic heterocycles. The van der Waals surface area contributed by atoms with E-state index in [1.165, 1.54) is 19.1 Å². The molecule has 2 rings (SSSR count). The number of benzene rings is 1. The average molecular weight is 270 g/mol. The van der Waals surface area contributed by atoms with Crippen molar-refractivity contribution < 1.29 is 23.0 Å². The van der Waals surface area contributed by atoms with Crippen LogP contribution in [-0.2, 0) is 9.47 Å². The molecule has 3 nitrogen and oxygen atoms in total. The standard InChI is InChI=1S/C14H16F2O3/c1-3-11-12(14(15,16)9(2)18-11)19-13(17)10-7-5-4-6-8-10/h4-9,11-12H,3H2,1-2H3/t9?,11-,12?/m1/s1. The van der Waals surface area contributed by atoms with E-state index in [1.54, 1.807) is 25.1 Å². The molecular weight excluding hydrogens is 254 g/mol. The molecule has 1 saturated heterocycles. The van der Waals surface area contributed by atoms with Gasteiger partial charge in [-0.3, -0.25) is 0 Å². The van der Waals surface area contributed by atoms with Gasteiger partial charge in [0.2, 0.25) is 0 Å². The minimum Gasteiger partial charge on any atom is -0.449 e. The topological polar surface area (TPSA) is 35.5 Å². The van der Waals surface area contributed by atoms with Crippen LogP contribution in [-0.4, -0.2) is 30.2 Å². The SMILES string of the molecule is CC[C@H]1OC(C)C(F)(F)C1OC(=O)c1ccccc1. The van der Waals surface area contributed by atoms with Crippen molar-refractivity contribution in [2.75, 3.05) is 0 Å².